The highest BCUT2D eigenvalue weighted by molar-refractivity contribution is 6.28. The van der Waals surface area contributed by atoms with Crippen molar-refractivity contribution in [3.8, 4) is 0 Å². The minimum absolute atomic E-state index is 0.277. The first-order valence-corrected chi connectivity index (χ1v) is 7.67. The lowest BCUT2D eigenvalue weighted by atomic mass is 9.74. The Labute approximate surface area is 123 Å². The molecule has 0 bridgehead atoms. The standard InChI is InChI=1S/C14H20ClN5/c1-3-14(4-2)5-7-20(8-6-14)12-10-9-16-19-11(10)17-13(15)18-12/h9H,3-8H2,1-2H3,(H,16,17,18,19). The molecule has 0 atom stereocenters. The van der Waals surface area contributed by atoms with Gasteiger partial charge in [-0.15, -0.1) is 0 Å². The van der Waals surface area contributed by atoms with Gasteiger partial charge in [-0.2, -0.15) is 15.1 Å². The van der Waals surface area contributed by atoms with Crippen molar-refractivity contribution in [2.24, 2.45) is 5.41 Å². The van der Waals surface area contributed by atoms with E-state index in [0.717, 1.165) is 24.3 Å². The van der Waals surface area contributed by atoms with Crippen molar-refractivity contribution in [1.29, 1.82) is 0 Å². The van der Waals surface area contributed by atoms with Crippen molar-refractivity contribution in [3.63, 3.8) is 0 Å². The number of fused-ring (bicyclic) bond motifs is 1. The smallest absolute Gasteiger partial charge is 0.226 e. The second-order valence-electron chi connectivity index (χ2n) is 5.64. The first kappa shape index (κ1) is 13.6. The van der Waals surface area contributed by atoms with Crippen molar-refractivity contribution in [1.82, 2.24) is 20.2 Å². The third-order valence-electron chi connectivity index (χ3n) is 4.89. The van der Waals surface area contributed by atoms with Gasteiger partial charge in [-0.25, -0.2) is 0 Å². The van der Waals surface area contributed by atoms with E-state index in [-0.39, 0.29) is 5.28 Å². The Bertz CT molecular complexity index is 595. The van der Waals surface area contributed by atoms with Gasteiger partial charge in [-0.1, -0.05) is 26.7 Å². The first-order chi connectivity index (χ1) is 9.67. The molecular weight excluding hydrogens is 274 g/mol. The number of nitrogens with one attached hydrogen (secondary N) is 1. The van der Waals surface area contributed by atoms with Gasteiger partial charge in [0.2, 0.25) is 5.28 Å². The predicted molar refractivity (Wildman–Crippen MR) is 81.2 cm³/mol. The van der Waals surface area contributed by atoms with Crippen LogP contribution in [-0.4, -0.2) is 33.3 Å². The SMILES string of the molecule is CCC1(CC)CCN(c2nc(Cl)nc3[nH]ncc23)CC1. The summed E-state index contributed by atoms with van der Waals surface area (Å²) < 4.78 is 0. The van der Waals surface area contributed by atoms with Crippen LogP contribution in [0.5, 0.6) is 0 Å². The lowest BCUT2D eigenvalue weighted by molar-refractivity contribution is 0.199. The highest BCUT2D eigenvalue weighted by Gasteiger charge is 2.32. The van der Waals surface area contributed by atoms with Gasteiger partial charge in [-0.05, 0) is 29.9 Å². The summed E-state index contributed by atoms with van der Waals surface area (Å²) in [6, 6.07) is 0. The molecule has 0 saturated carbocycles. The molecule has 1 fully saturated rings. The zero-order chi connectivity index (χ0) is 14.2. The summed E-state index contributed by atoms with van der Waals surface area (Å²) in [6.07, 6.45) is 6.70. The summed E-state index contributed by atoms with van der Waals surface area (Å²) in [5.41, 5.74) is 1.21. The Morgan fingerprint density at radius 1 is 1.25 bits per heavy atom. The van der Waals surface area contributed by atoms with Crippen LogP contribution in [0.3, 0.4) is 0 Å². The number of H-pyrrole nitrogens is 1. The molecule has 108 valence electrons. The van der Waals surface area contributed by atoms with E-state index >= 15 is 0 Å². The number of nitrogens with zero attached hydrogens (tertiary/aromatic N) is 4. The number of anilines is 1. The van der Waals surface area contributed by atoms with Crippen molar-refractivity contribution in [2.45, 2.75) is 39.5 Å². The summed E-state index contributed by atoms with van der Waals surface area (Å²) in [7, 11) is 0. The Kier molecular flexibility index (Phi) is 3.54. The van der Waals surface area contributed by atoms with Crippen molar-refractivity contribution in [2.75, 3.05) is 18.0 Å². The number of hydrogen-bond acceptors (Lipinski definition) is 4. The fourth-order valence-electron chi connectivity index (χ4n) is 3.18. The lowest BCUT2D eigenvalue weighted by Gasteiger charge is -2.41. The highest BCUT2D eigenvalue weighted by atomic mass is 35.5. The molecular formula is C14H20ClN5. The maximum Gasteiger partial charge on any atom is 0.226 e. The Hall–Kier alpha value is -1.36. The topological polar surface area (TPSA) is 57.7 Å². The van der Waals surface area contributed by atoms with Gasteiger partial charge in [0.15, 0.2) is 5.65 Å². The molecule has 2 aromatic heterocycles. The van der Waals surface area contributed by atoms with Gasteiger partial charge in [0.25, 0.3) is 0 Å². The van der Waals surface area contributed by atoms with Crippen LogP contribution in [-0.2, 0) is 0 Å². The second-order valence-corrected chi connectivity index (χ2v) is 5.98. The predicted octanol–water partition coefficient (Wildman–Crippen LogP) is 3.41. The summed E-state index contributed by atoms with van der Waals surface area (Å²) in [4.78, 5) is 10.9. The van der Waals surface area contributed by atoms with Crippen LogP contribution in [0.2, 0.25) is 5.28 Å². The Balaban J connectivity index is 1.88. The maximum absolute atomic E-state index is 6.01. The molecule has 3 rings (SSSR count). The zero-order valence-electron chi connectivity index (χ0n) is 12.0. The fourth-order valence-corrected chi connectivity index (χ4v) is 3.35. The minimum Gasteiger partial charge on any atom is -0.356 e. The van der Waals surface area contributed by atoms with Crippen molar-refractivity contribution in [3.05, 3.63) is 11.5 Å². The van der Waals surface area contributed by atoms with Crippen LogP contribution in [0, 0.1) is 5.41 Å². The van der Waals surface area contributed by atoms with Crippen LogP contribution >= 0.6 is 11.6 Å². The summed E-state index contributed by atoms with van der Waals surface area (Å²) in [5, 5.41) is 8.14. The summed E-state index contributed by atoms with van der Waals surface area (Å²) >= 11 is 6.01. The molecule has 2 aromatic rings. The van der Waals surface area contributed by atoms with E-state index < -0.39 is 0 Å². The maximum atomic E-state index is 6.01. The molecule has 3 heterocycles. The molecule has 1 aliphatic heterocycles. The van der Waals surface area contributed by atoms with Crippen LogP contribution in [0.1, 0.15) is 39.5 Å². The van der Waals surface area contributed by atoms with Gasteiger partial charge < -0.3 is 4.90 Å². The van der Waals surface area contributed by atoms with E-state index in [1.54, 1.807) is 6.20 Å². The van der Waals surface area contributed by atoms with Crippen molar-refractivity contribution < 1.29 is 0 Å². The van der Waals surface area contributed by atoms with Crippen LogP contribution in [0.4, 0.5) is 5.82 Å². The van der Waals surface area contributed by atoms with E-state index in [0.29, 0.717) is 11.1 Å². The van der Waals surface area contributed by atoms with E-state index in [2.05, 4.69) is 38.9 Å². The molecule has 0 amide bonds. The van der Waals surface area contributed by atoms with Crippen LogP contribution in [0.15, 0.2) is 6.20 Å². The molecule has 0 spiro atoms. The number of piperidine rings is 1. The number of rotatable bonds is 3. The third kappa shape index (κ3) is 2.24. The van der Waals surface area contributed by atoms with Gasteiger partial charge in [0, 0.05) is 13.1 Å². The molecule has 0 aliphatic carbocycles. The monoisotopic (exact) mass is 293 g/mol. The summed E-state index contributed by atoms with van der Waals surface area (Å²) in [5.74, 6) is 0.912. The van der Waals surface area contributed by atoms with E-state index in [9.17, 15) is 0 Å². The van der Waals surface area contributed by atoms with Crippen LogP contribution < -0.4 is 4.90 Å². The highest BCUT2D eigenvalue weighted by Crippen LogP contribution is 2.39. The van der Waals surface area contributed by atoms with E-state index in [1.807, 2.05) is 0 Å². The van der Waals surface area contributed by atoms with Gasteiger partial charge in [-0.3, -0.25) is 5.10 Å². The van der Waals surface area contributed by atoms with Gasteiger partial charge in [0.1, 0.15) is 5.82 Å². The number of aromatic amines is 1. The second kappa shape index (κ2) is 5.20. The quantitative estimate of drug-likeness (QED) is 0.881. The van der Waals surface area contributed by atoms with Gasteiger partial charge in [0.05, 0.1) is 11.6 Å². The van der Waals surface area contributed by atoms with Crippen LogP contribution in [0.25, 0.3) is 11.0 Å². The molecule has 1 saturated heterocycles. The largest absolute Gasteiger partial charge is 0.356 e. The Morgan fingerprint density at radius 3 is 2.60 bits per heavy atom. The normalized spacial score (nSPS) is 18.6. The molecule has 0 aromatic carbocycles. The summed E-state index contributed by atoms with van der Waals surface area (Å²) in [6.45, 7) is 6.65. The molecule has 1 N–H and O–H groups in total. The molecule has 5 nitrogen and oxygen atoms in total. The van der Waals surface area contributed by atoms with E-state index in [1.165, 1.54) is 25.7 Å². The molecule has 6 heteroatoms. The average molecular weight is 294 g/mol. The molecule has 0 radical (unpaired) electrons. The molecule has 0 unspecified atom stereocenters. The number of halogens is 1. The number of aromatic nitrogens is 4. The van der Waals surface area contributed by atoms with Crippen molar-refractivity contribution >= 4 is 28.5 Å². The Morgan fingerprint density at radius 2 is 1.95 bits per heavy atom. The lowest BCUT2D eigenvalue weighted by Crippen LogP contribution is -2.40. The third-order valence-corrected chi connectivity index (χ3v) is 5.06. The fraction of sp³-hybridized carbons (Fsp3) is 0.643. The molecule has 1 aliphatic rings. The number of hydrogen-bond donors (Lipinski definition) is 1. The minimum atomic E-state index is 0.277. The average Bonchev–Trinajstić information content (AvgIpc) is 2.94. The van der Waals surface area contributed by atoms with Gasteiger partial charge >= 0.3 is 0 Å². The molecule has 20 heavy (non-hydrogen) atoms. The zero-order valence-corrected chi connectivity index (χ0v) is 12.7. The van der Waals surface area contributed by atoms with E-state index in [4.69, 9.17) is 11.6 Å². The first-order valence-electron chi connectivity index (χ1n) is 7.29.